The van der Waals surface area contributed by atoms with Crippen LogP contribution in [0.1, 0.15) is 5.69 Å². The van der Waals surface area contributed by atoms with Crippen molar-refractivity contribution in [2.24, 2.45) is 5.92 Å². The fraction of sp³-hybridized carbons (Fsp3) is 0.417. The predicted molar refractivity (Wildman–Crippen MR) is 67.7 cm³/mol. The van der Waals surface area contributed by atoms with Crippen molar-refractivity contribution < 1.29 is 10.0 Å². The Morgan fingerprint density at radius 2 is 2.26 bits per heavy atom. The van der Waals surface area contributed by atoms with Gasteiger partial charge in [0.2, 0.25) is 5.65 Å². The molecule has 1 aliphatic heterocycles. The van der Waals surface area contributed by atoms with Crippen LogP contribution in [-0.2, 0) is 6.54 Å². The van der Waals surface area contributed by atoms with Gasteiger partial charge in [0.1, 0.15) is 0 Å². The molecule has 3 rings (SSSR count). The third-order valence-corrected chi connectivity index (χ3v) is 3.41. The standard InChI is InChI=1S/C12H14N4O3/c17-8-9-5-14(6-9)7-10-12(16(18)19)15-4-2-1-3-11(15)13-10/h1-4,9,17H,5-8H2. The number of aliphatic hydroxyl groups excluding tert-OH is 1. The van der Waals surface area contributed by atoms with Gasteiger partial charge in [-0.15, -0.1) is 0 Å². The zero-order chi connectivity index (χ0) is 13.4. The number of pyridine rings is 1. The first-order chi connectivity index (χ1) is 9.19. The lowest BCUT2D eigenvalue weighted by atomic mass is 10.0. The molecule has 2 aromatic heterocycles. The Bertz CT molecular complexity index is 618. The summed E-state index contributed by atoms with van der Waals surface area (Å²) in [4.78, 5) is 17.2. The number of imidazole rings is 1. The summed E-state index contributed by atoms with van der Waals surface area (Å²) < 4.78 is 1.50. The Hall–Kier alpha value is -1.99. The molecule has 0 atom stereocenters. The van der Waals surface area contributed by atoms with Gasteiger partial charge in [-0.25, -0.2) is 4.98 Å². The number of nitro groups is 1. The van der Waals surface area contributed by atoms with Gasteiger partial charge in [-0.2, -0.15) is 4.40 Å². The Morgan fingerprint density at radius 3 is 2.95 bits per heavy atom. The molecule has 2 aromatic rings. The van der Waals surface area contributed by atoms with E-state index in [4.69, 9.17) is 5.11 Å². The second-order valence-electron chi connectivity index (χ2n) is 4.81. The summed E-state index contributed by atoms with van der Waals surface area (Å²) in [7, 11) is 0. The lowest BCUT2D eigenvalue weighted by Gasteiger charge is -2.37. The minimum atomic E-state index is -0.390. The summed E-state index contributed by atoms with van der Waals surface area (Å²) in [6.07, 6.45) is 1.65. The predicted octanol–water partition coefficient (Wildman–Crippen LogP) is 0.667. The first-order valence-electron chi connectivity index (χ1n) is 6.12. The van der Waals surface area contributed by atoms with Crippen molar-refractivity contribution in [3.63, 3.8) is 0 Å². The lowest BCUT2D eigenvalue weighted by Crippen LogP contribution is -2.47. The van der Waals surface area contributed by atoms with E-state index >= 15 is 0 Å². The molecule has 1 fully saturated rings. The van der Waals surface area contributed by atoms with Crippen molar-refractivity contribution in [3.05, 3.63) is 40.2 Å². The topological polar surface area (TPSA) is 83.9 Å². The van der Waals surface area contributed by atoms with Crippen molar-refractivity contribution in [1.82, 2.24) is 14.3 Å². The Morgan fingerprint density at radius 1 is 1.47 bits per heavy atom. The van der Waals surface area contributed by atoms with Crippen molar-refractivity contribution >= 4 is 11.5 Å². The molecule has 0 amide bonds. The number of rotatable bonds is 4. The molecule has 0 unspecified atom stereocenters. The van der Waals surface area contributed by atoms with Gasteiger partial charge in [-0.05, 0) is 11.0 Å². The van der Waals surface area contributed by atoms with Crippen molar-refractivity contribution in [2.45, 2.75) is 6.54 Å². The number of hydrogen-bond acceptors (Lipinski definition) is 5. The van der Waals surface area contributed by atoms with E-state index in [0.29, 0.717) is 17.9 Å². The van der Waals surface area contributed by atoms with Gasteiger partial charge in [0, 0.05) is 38.2 Å². The van der Waals surface area contributed by atoms with E-state index in [2.05, 4.69) is 9.88 Å². The highest BCUT2D eigenvalue weighted by molar-refractivity contribution is 5.48. The maximum Gasteiger partial charge on any atom is 0.352 e. The van der Waals surface area contributed by atoms with Crippen LogP contribution in [-0.4, -0.2) is 44.0 Å². The summed E-state index contributed by atoms with van der Waals surface area (Å²) in [5.74, 6) is 0.319. The molecule has 0 aromatic carbocycles. The number of hydrogen-bond donors (Lipinski definition) is 1. The second kappa shape index (κ2) is 4.60. The Labute approximate surface area is 109 Å². The summed E-state index contributed by atoms with van der Waals surface area (Å²) >= 11 is 0. The fourth-order valence-corrected chi connectivity index (χ4v) is 2.46. The Balaban J connectivity index is 1.90. The van der Waals surface area contributed by atoms with Gasteiger partial charge in [-0.1, -0.05) is 6.07 Å². The van der Waals surface area contributed by atoms with Crippen LogP contribution in [0.5, 0.6) is 0 Å². The van der Waals surface area contributed by atoms with Crippen LogP contribution in [0.3, 0.4) is 0 Å². The molecule has 7 heteroatoms. The molecule has 0 bridgehead atoms. The summed E-state index contributed by atoms with van der Waals surface area (Å²) in [5.41, 5.74) is 1.07. The first-order valence-corrected chi connectivity index (χ1v) is 6.12. The molecule has 0 spiro atoms. The van der Waals surface area contributed by atoms with E-state index < -0.39 is 4.92 Å². The van der Waals surface area contributed by atoms with E-state index in [1.807, 2.05) is 0 Å². The molecule has 1 aliphatic rings. The van der Waals surface area contributed by atoms with Crippen molar-refractivity contribution in [2.75, 3.05) is 19.7 Å². The van der Waals surface area contributed by atoms with E-state index in [1.54, 1.807) is 24.4 Å². The van der Waals surface area contributed by atoms with Crippen LogP contribution in [0.2, 0.25) is 0 Å². The van der Waals surface area contributed by atoms with Gasteiger partial charge >= 0.3 is 5.82 Å². The maximum absolute atomic E-state index is 11.2. The number of fused-ring (bicyclic) bond motifs is 1. The summed E-state index contributed by atoms with van der Waals surface area (Å²) in [6, 6.07) is 5.31. The van der Waals surface area contributed by atoms with Gasteiger partial charge < -0.3 is 15.2 Å². The van der Waals surface area contributed by atoms with E-state index in [1.165, 1.54) is 4.40 Å². The van der Waals surface area contributed by atoms with Gasteiger partial charge in [-0.3, -0.25) is 4.90 Å². The highest BCUT2D eigenvalue weighted by atomic mass is 16.6. The third kappa shape index (κ3) is 2.06. The van der Waals surface area contributed by atoms with Crippen LogP contribution in [0.25, 0.3) is 5.65 Å². The van der Waals surface area contributed by atoms with Gasteiger partial charge in [0.15, 0.2) is 5.69 Å². The number of likely N-dealkylation sites (tertiary alicyclic amines) is 1. The molecule has 0 saturated carbocycles. The Kier molecular flexibility index (Phi) is 2.92. The highest BCUT2D eigenvalue weighted by Gasteiger charge is 2.30. The highest BCUT2D eigenvalue weighted by Crippen LogP contribution is 2.25. The minimum absolute atomic E-state index is 0.0306. The molecule has 3 heterocycles. The first kappa shape index (κ1) is 12.1. The average Bonchev–Trinajstić information content (AvgIpc) is 2.71. The third-order valence-electron chi connectivity index (χ3n) is 3.41. The fourth-order valence-electron chi connectivity index (χ4n) is 2.46. The molecule has 7 nitrogen and oxygen atoms in total. The van der Waals surface area contributed by atoms with Crippen LogP contribution < -0.4 is 0 Å². The van der Waals surface area contributed by atoms with Crippen molar-refractivity contribution in [1.29, 1.82) is 0 Å². The summed E-state index contributed by atoms with van der Waals surface area (Å²) in [6.45, 7) is 2.15. The smallest absolute Gasteiger partial charge is 0.352 e. The zero-order valence-electron chi connectivity index (χ0n) is 10.3. The molecule has 100 valence electrons. The second-order valence-corrected chi connectivity index (χ2v) is 4.81. The lowest BCUT2D eigenvalue weighted by molar-refractivity contribution is -0.391. The van der Waals surface area contributed by atoms with E-state index in [-0.39, 0.29) is 18.3 Å². The molecule has 0 radical (unpaired) electrons. The number of nitrogens with zero attached hydrogens (tertiary/aromatic N) is 4. The largest absolute Gasteiger partial charge is 0.396 e. The normalized spacial score (nSPS) is 16.7. The van der Waals surface area contributed by atoms with E-state index in [9.17, 15) is 10.1 Å². The van der Waals surface area contributed by atoms with Crippen LogP contribution >= 0.6 is 0 Å². The monoisotopic (exact) mass is 262 g/mol. The number of aromatic nitrogens is 2. The van der Waals surface area contributed by atoms with Crippen molar-refractivity contribution in [3.8, 4) is 0 Å². The number of aliphatic hydroxyl groups is 1. The van der Waals surface area contributed by atoms with Gasteiger partial charge in [0.05, 0.1) is 6.20 Å². The zero-order valence-corrected chi connectivity index (χ0v) is 10.3. The molecule has 19 heavy (non-hydrogen) atoms. The van der Waals surface area contributed by atoms with E-state index in [0.717, 1.165) is 13.1 Å². The summed E-state index contributed by atoms with van der Waals surface area (Å²) in [5, 5.41) is 20.2. The molecule has 1 N–H and O–H groups in total. The molecular formula is C12H14N4O3. The van der Waals surface area contributed by atoms with Crippen LogP contribution in [0, 0.1) is 16.0 Å². The molecule has 1 saturated heterocycles. The quantitative estimate of drug-likeness (QED) is 0.646. The average molecular weight is 262 g/mol. The molecule has 0 aliphatic carbocycles. The van der Waals surface area contributed by atoms with Crippen LogP contribution in [0.15, 0.2) is 24.4 Å². The maximum atomic E-state index is 11.2. The minimum Gasteiger partial charge on any atom is -0.396 e. The molecular weight excluding hydrogens is 248 g/mol. The SMILES string of the molecule is O=[N+]([O-])c1c(CN2CC(CO)C2)nc2ccccn12. The van der Waals surface area contributed by atoms with Crippen LogP contribution in [0.4, 0.5) is 5.82 Å². The van der Waals surface area contributed by atoms with Gasteiger partial charge in [0.25, 0.3) is 0 Å².